The third kappa shape index (κ3) is 3.42. The fourth-order valence-electron chi connectivity index (χ4n) is 2.71. The molecule has 0 aliphatic heterocycles. The molecule has 1 aromatic carbocycles. The predicted molar refractivity (Wildman–Crippen MR) is 82.6 cm³/mol. The lowest BCUT2D eigenvalue weighted by Gasteiger charge is -2.04. The van der Waals surface area contributed by atoms with Crippen LogP contribution < -0.4 is 0 Å². The molecule has 2 aromatic heterocycles. The van der Waals surface area contributed by atoms with Crippen LogP contribution in [0.15, 0.2) is 40.8 Å². The maximum Gasteiger partial charge on any atom is 0.435 e. The molecular formula is C17H15F3N4O. The van der Waals surface area contributed by atoms with Gasteiger partial charge in [-0.1, -0.05) is 18.2 Å². The van der Waals surface area contributed by atoms with Gasteiger partial charge in [0.25, 0.3) is 0 Å². The third-order valence-corrected chi connectivity index (χ3v) is 4.12. The van der Waals surface area contributed by atoms with Crippen molar-refractivity contribution in [3.8, 4) is 11.5 Å². The summed E-state index contributed by atoms with van der Waals surface area (Å²) in [6, 6.07) is 10.5. The van der Waals surface area contributed by atoms with Crippen LogP contribution in [0.25, 0.3) is 11.5 Å². The zero-order chi connectivity index (χ0) is 17.4. The van der Waals surface area contributed by atoms with Crippen LogP contribution >= 0.6 is 0 Å². The summed E-state index contributed by atoms with van der Waals surface area (Å²) in [5.74, 6) is 0.949. The van der Waals surface area contributed by atoms with E-state index in [1.165, 1.54) is 4.68 Å². The Morgan fingerprint density at radius 2 is 1.88 bits per heavy atom. The minimum atomic E-state index is -4.43. The first-order chi connectivity index (χ1) is 12.0. The molecule has 130 valence electrons. The van der Waals surface area contributed by atoms with E-state index in [1.807, 2.05) is 30.3 Å². The lowest BCUT2D eigenvalue weighted by atomic mass is 10.2. The maximum atomic E-state index is 12.9. The molecule has 4 rings (SSSR count). The van der Waals surface area contributed by atoms with Gasteiger partial charge in [-0.15, -0.1) is 10.2 Å². The van der Waals surface area contributed by atoms with Crippen LogP contribution in [-0.2, 0) is 19.1 Å². The van der Waals surface area contributed by atoms with Crippen LogP contribution in [0.1, 0.15) is 36.0 Å². The molecule has 5 nitrogen and oxygen atoms in total. The van der Waals surface area contributed by atoms with E-state index in [0.717, 1.165) is 24.5 Å². The number of nitrogens with zero attached hydrogens (tertiary/aromatic N) is 4. The van der Waals surface area contributed by atoms with Gasteiger partial charge in [-0.2, -0.15) is 18.3 Å². The molecule has 2 heterocycles. The summed E-state index contributed by atoms with van der Waals surface area (Å²) >= 11 is 0. The average molecular weight is 348 g/mol. The van der Waals surface area contributed by atoms with Crippen molar-refractivity contribution in [2.75, 3.05) is 0 Å². The fraction of sp³-hybridized carbons (Fsp3) is 0.353. The van der Waals surface area contributed by atoms with Gasteiger partial charge in [0.1, 0.15) is 0 Å². The van der Waals surface area contributed by atoms with E-state index >= 15 is 0 Å². The van der Waals surface area contributed by atoms with Gasteiger partial charge in [-0.05, 0) is 31.0 Å². The predicted octanol–water partition coefficient (Wildman–Crippen LogP) is 4.07. The van der Waals surface area contributed by atoms with Gasteiger partial charge in [0.05, 0.1) is 0 Å². The second kappa shape index (κ2) is 6.02. The van der Waals surface area contributed by atoms with Gasteiger partial charge in [0.15, 0.2) is 5.69 Å². The highest BCUT2D eigenvalue weighted by Gasteiger charge is 2.37. The number of alkyl halides is 3. The summed E-state index contributed by atoms with van der Waals surface area (Å²) in [6.45, 7) is 0.276. The number of aromatic nitrogens is 4. The van der Waals surface area contributed by atoms with Gasteiger partial charge >= 0.3 is 6.18 Å². The zero-order valence-corrected chi connectivity index (χ0v) is 13.2. The average Bonchev–Trinajstić information content (AvgIpc) is 3.16. The lowest BCUT2D eigenvalue weighted by Crippen LogP contribution is -2.10. The number of aryl methyl sites for hydroxylation is 2. The van der Waals surface area contributed by atoms with E-state index in [4.69, 9.17) is 4.42 Å². The Balaban J connectivity index is 1.50. The van der Waals surface area contributed by atoms with Crippen molar-refractivity contribution in [2.45, 2.75) is 37.9 Å². The van der Waals surface area contributed by atoms with Crippen LogP contribution in [-0.4, -0.2) is 20.0 Å². The van der Waals surface area contributed by atoms with Gasteiger partial charge in [0, 0.05) is 30.1 Å². The van der Waals surface area contributed by atoms with Crippen LogP contribution in [0.4, 0.5) is 13.2 Å². The fourth-order valence-corrected chi connectivity index (χ4v) is 2.71. The largest absolute Gasteiger partial charge is 0.435 e. The van der Waals surface area contributed by atoms with Crippen LogP contribution in [0.5, 0.6) is 0 Å². The highest BCUT2D eigenvalue weighted by molar-refractivity contribution is 5.51. The molecule has 0 N–H and O–H groups in total. The summed E-state index contributed by atoms with van der Waals surface area (Å²) in [5.41, 5.74) is 0.596. The number of benzene rings is 1. The molecule has 0 unspecified atom stereocenters. The first kappa shape index (κ1) is 15.9. The maximum absolute atomic E-state index is 12.9. The molecule has 3 aromatic rings. The van der Waals surface area contributed by atoms with Crippen molar-refractivity contribution < 1.29 is 17.6 Å². The number of halogens is 3. The monoisotopic (exact) mass is 348 g/mol. The number of hydrogen-bond acceptors (Lipinski definition) is 4. The summed E-state index contributed by atoms with van der Waals surface area (Å²) in [7, 11) is 0. The quantitative estimate of drug-likeness (QED) is 0.697. The Kier molecular flexibility index (Phi) is 3.82. The van der Waals surface area contributed by atoms with E-state index in [2.05, 4.69) is 15.3 Å². The van der Waals surface area contributed by atoms with Gasteiger partial charge in [-0.3, -0.25) is 4.68 Å². The Morgan fingerprint density at radius 3 is 2.56 bits per heavy atom. The molecule has 0 saturated heterocycles. The molecule has 25 heavy (non-hydrogen) atoms. The first-order valence-electron chi connectivity index (χ1n) is 8.03. The molecule has 1 aliphatic carbocycles. The van der Waals surface area contributed by atoms with Gasteiger partial charge in [-0.25, -0.2) is 0 Å². The summed E-state index contributed by atoms with van der Waals surface area (Å²) in [5, 5.41) is 11.7. The van der Waals surface area contributed by atoms with E-state index in [1.54, 1.807) is 0 Å². The topological polar surface area (TPSA) is 56.7 Å². The van der Waals surface area contributed by atoms with Crippen molar-refractivity contribution >= 4 is 0 Å². The second-order valence-corrected chi connectivity index (χ2v) is 6.07. The van der Waals surface area contributed by atoms with Crippen LogP contribution in [0, 0.1) is 0 Å². The SMILES string of the molecule is FC(F)(F)c1cc(C2CC2)n(CCc2nnc(-c3ccccc3)o2)n1. The molecule has 8 heteroatoms. The van der Waals surface area contributed by atoms with Crippen molar-refractivity contribution in [2.24, 2.45) is 0 Å². The lowest BCUT2D eigenvalue weighted by molar-refractivity contribution is -0.141. The molecule has 1 aliphatic rings. The Hall–Kier alpha value is -2.64. The molecule has 0 atom stereocenters. The summed E-state index contributed by atoms with van der Waals surface area (Å²) in [6.07, 6.45) is -2.29. The molecule has 0 bridgehead atoms. The molecule has 0 radical (unpaired) electrons. The van der Waals surface area contributed by atoms with Crippen molar-refractivity contribution in [3.63, 3.8) is 0 Å². The van der Waals surface area contributed by atoms with E-state index in [0.29, 0.717) is 23.9 Å². The summed E-state index contributed by atoms with van der Waals surface area (Å²) < 4.78 is 45.7. The highest BCUT2D eigenvalue weighted by Crippen LogP contribution is 2.42. The highest BCUT2D eigenvalue weighted by atomic mass is 19.4. The molecule has 1 saturated carbocycles. The molecule has 1 fully saturated rings. The molecule has 0 spiro atoms. The third-order valence-electron chi connectivity index (χ3n) is 4.12. The van der Waals surface area contributed by atoms with E-state index in [9.17, 15) is 13.2 Å². The smallest absolute Gasteiger partial charge is 0.421 e. The minimum absolute atomic E-state index is 0.172. The standard InChI is InChI=1S/C17H15F3N4O/c18-17(19,20)14-10-13(11-6-7-11)24(23-14)9-8-15-21-22-16(25-15)12-4-2-1-3-5-12/h1-5,10-11H,6-9H2. The van der Waals surface area contributed by atoms with Crippen LogP contribution in [0.2, 0.25) is 0 Å². The number of rotatable bonds is 5. The van der Waals surface area contributed by atoms with Gasteiger partial charge in [0.2, 0.25) is 11.8 Å². The molecular weight excluding hydrogens is 333 g/mol. The Bertz CT molecular complexity index is 866. The van der Waals surface area contributed by atoms with Crippen LogP contribution in [0.3, 0.4) is 0 Å². The summed E-state index contributed by atoms with van der Waals surface area (Å²) in [4.78, 5) is 0. The van der Waals surface area contributed by atoms with Gasteiger partial charge < -0.3 is 4.42 Å². The van der Waals surface area contributed by atoms with Crippen molar-refractivity contribution in [1.82, 2.24) is 20.0 Å². The van der Waals surface area contributed by atoms with E-state index < -0.39 is 11.9 Å². The normalized spacial score (nSPS) is 14.8. The first-order valence-corrected chi connectivity index (χ1v) is 8.03. The zero-order valence-electron chi connectivity index (χ0n) is 13.2. The minimum Gasteiger partial charge on any atom is -0.421 e. The molecule has 0 amide bonds. The second-order valence-electron chi connectivity index (χ2n) is 6.07. The van der Waals surface area contributed by atoms with Crippen molar-refractivity contribution in [3.05, 3.63) is 53.7 Å². The number of hydrogen-bond donors (Lipinski definition) is 0. The van der Waals surface area contributed by atoms with E-state index in [-0.39, 0.29) is 12.5 Å². The Morgan fingerprint density at radius 1 is 1.12 bits per heavy atom. The van der Waals surface area contributed by atoms with Crippen molar-refractivity contribution in [1.29, 1.82) is 0 Å². The Labute approximate surface area is 141 Å².